The summed E-state index contributed by atoms with van der Waals surface area (Å²) >= 11 is 0. The highest BCUT2D eigenvalue weighted by molar-refractivity contribution is 6.16. The summed E-state index contributed by atoms with van der Waals surface area (Å²) in [5.74, 6) is -1.52. The van der Waals surface area contributed by atoms with Crippen molar-refractivity contribution in [2.45, 2.75) is 39.5 Å². The molecule has 2 nitrogen and oxygen atoms in total. The summed E-state index contributed by atoms with van der Waals surface area (Å²) < 4.78 is 23.7. The number of nitrogens with zero attached hydrogens (tertiary/aromatic N) is 1. The molecule has 0 fully saturated rings. The van der Waals surface area contributed by atoms with E-state index in [1.54, 1.807) is 6.20 Å². The van der Waals surface area contributed by atoms with E-state index < -0.39 is 11.8 Å². The van der Waals surface area contributed by atoms with Gasteiger partial charge in [-0.1, -0.05) is 82.3 Å². The van der Waals surface area contributed by atoms with Gasteiger partial charge in [-0.3, -0.25) is 4.98 Å². The molecule has 0 aliphatic carbocycles. The zero-order valence-electron chi connectivity index (χ0n) is 20.4. The molecule has 5 aromatic rings. The van der Waals surface area contributed by atoms with E-state index in [4.69, 9.17) is 7.16 Å². The highest BCUT2D eigenvalue weighted by Crippen LogP contribution is 2.43. The Balaban J connectivity index is 1.89. The third-order valence-electron chi connectivity index (χ3n) is 5.88. The minimum absolute atomic E-state index is 0.725. The molecule has 31 heavy (non-hydrogen) atoms. The lowest BCUT2D eigenvalue weighted by molar-refractivity contribution is 0.658. The molecule has 154 valence electrons. The molecular weight excluding hydrogens is 378 g/mol. The van der Waals surface area contributed by atoms with Crippen LogP contribution in [0.2, 0.25) is 0 Å². The maximum atomic E-state index is 8.67. The van der Waals surface area contributed by atoms with Gasteiger partial charge in [-0.25, -0.2) is 0 Å². The van der Waals surface area contributed by atoms with Crippen LogP contribution in [0.5, 0.6) is 0 Å². The Morgan fingerprint density at radius 1 is 0.774 bits per heavy atom. The van der Waals surface area contributed by atoms with Crippen LogP contribution in [0, 0.1) is 0 Å². The Bertz CT molecular complexity index is 1470. The lowest BCUT2D eigenvalue weighted by Crippen LogP contribution is -1.91. The summed E-state index contributed by atoms with van der Waals surface area (Å²) in [6, 6.07) is 24.4. The lowest BCUT2D eigenvalue weighted by Gasteiger charge is -2.10. The summed E-state index contributed by atoms with van der Waals surface area (Å²) in [6.07, 6.45) is 1.76. The van der Waals surface area contributed by atoms with Gasteiger partial charge in [-0.2, -0.15) is 0 Å². The average Bonchev–Trinajstić information content (AvgIpc) is 3.17. The molecule has 0 bridgehead atoms. The van der Waals surface area contributed by atoms with Gasteiger partial charge in [0.1, 0.15) is 11.2 Å². The molecule has 0 saturated carbocycles. The van der Waals surface area contributed by atoms with Gasteiger partial charge in [-0.15, -0.1) is 0 Å². The minimum Gasteiger partial charge on any atom is -0.455 e. The number of para-hydroxylation sites is 1. The molecule has 5 rings (SSSR count). The summed E-state index contributed by atoms with van der Waals surface area (Å²) in [4.78, 5) is 4.64. The van der Waals surface area contributed by atoms with Gasteiger partial charge >= 0.3 is 0 Å². The van der Waals surface area contributed by atoms with Gasteiger partial charge < -0.3 is 4.42 Å². The Labute approximate surface area is 186 Å². The monoisotopic (exact) mass is 407 g/mol. The number of benzene rings is 3. The van der Waals surface area contributed by atoms with Crippen LogP contribution in [0.15, 0.2) is 83.4 Å². The topological polar surface area (TPSA) is 26.0 Å². The zero-order chi connectivity index (χ0) is 23.4. The van der Waals surface area contributed by atoms with E-state index in [2.05, 4.69) is 35.3 Å². The molecule has 0 atom stereocenters. The number of hydrogen-bond donors (Lipinski definition) is 0. The first-order chi connectivity index (χ1) is 15.6. The lowest BCUT2D eigenvalue weighted by atomic mass is 9.94. The van der Waals surface area contributed by atoms with Crippen LogP contribution in [0.4, 0.5) is 0 Å². The van der Waals surface area contributed by atoms with Crippen LogP contribution in [0.1, 0.15) is 53.4 Å². The first kappa shape index (κ1) is 17.3. The van der Waals surface area contributed by atoms with Crippen LogP contribution >= 0.6 is 0 Å². The van der Waals surface area contributed by atoms with E-state index in [1.165, 1.54) is 0 Å². The average molecular weight is 408 g/mol. The maximum absolute atomic E-state index is 8.67. The molecule has 3 aromatic carbocycles. The van der Waals surface area contributed by atoms with Crippen LogP contribution < -0.4 is 0 Å². The van der Waals surface area contributed by atoms with Gasteiger partial charge in [0.05, 0.1) is 5.69 Å². The van der Waals surface area contributed by atoms with E-state index in [0.29, 0.717) is 0 Å². The number of hydrogen-bond acceptors (Lipinski definition) is 2. The van der Waals surface area contributed by atoms with E-state index in [9.17, 15) is 0 Å². The van der Waals surface area contributed by atoms with Crippen molar-refractivity contribution in [2.24, 2.45) is 0 Å². The van der Waals surface area contributed by atoms with E-state index >= 15 is 0 Å². The predicted octanol–water partition coefficient (Wildman–Crippen LogP) is 8.56. The highest BCUT2D eigenvalue weighted by Gasteiger charge is 2.20. The Kier molecular flexibility index (Phi) is 4.30. The first-order valence-electron chi connectivity index (χ1n) is 11.7. The van der Waals surface area contributed by atoms with Crippen LogP contribution in [0.3, 0.4) is 0 Å². The van der Waals surface area contributed by atoms with Crippen molar-refractivity contribution in [3.63, 3.8) is 0 Å². The molecule has 2 heterocycles. The maximum Gasteiger partial charge on any atom is 0.145 e. The van der Waals surface area contributed by atoms with Crippen LogP contribution in [0.25, 0.3) is 44.3 Å². The second-order valence-electron chi connectivity index (χ2n) is 8.44. The fourth-order valence-corrected chi connectivity index (χ4v) is 4.24. The second-order valence-corrected chi connectivity index (χ2v) is 8.44. The van der Waals surface area contributed by atoms with Crippen molar-refractivity contribution >= 4 is 21.9 Å². The fourth-order valence-electron chi connectivity index (χ4n) is 4.24. The van der Waals surface area contributed by atoms with Crippen LogP contribution in [-0.2, 0) is 0 Å². The van der Waals surface area contributed by atoms with Gasteiger partial charge in [-0.05, 0) is 52.2 Å². The van der Waals surface area contributed by atoms with Crippen molar-refractivity contribution in [3.8, 4) is 22.4 Å². The van der Waals surface area contributed by atoms with Gasteiger partial charge in [0.15, 0.2) is 0 Å². The van der Waals surface area contributed by atoms with Gasteiger partial charge in [0, 0.05) is 25.3 Å². The predicted molar refractivity (Wildman–Crippen MR) is 131 cm³/mol. The van der Waals surface area contributed by atoms with Gasteiger partial charge in [0.25, 0.3) is 0 Å². The molecule has 0 aliphatic heterocycles. The Hall–Kier alpha value is -3.39. The number of rotatable bonds is 4. The summed E-state index contributed by atoms with van der Waals surface area (Å²) in [5, 5.41) is 2.03. The van der Waals surface area contributed by atoms with Crippen molar-refractivity contribution in [3.05, 3.63) is 90.1 Å². The van der Waals surface area contributed by atoms with Crippen molar-refractivity contribution < 1.29 is 7.16 Å². The molecule has 0 saturated heterocycles. The molecule has 0 amide bonds. The summed E-state index contributed by atoms with van der Waals surface area (Å²) in [7, 11) is 0. The van der Waals surface area contributed by atoms with E-state index in [1.807, 2.05) is 70.2 Å². The zero-order valence-corrected chi connectivity index (χ0v) is 18.4. The smallest absolute Gasteiger partial charge is 0.145 e. The Morgan fingerprint density at radius 2 is 1.55 bits per heavy atom. The van der Waals surface area contributed by atoms with E-state index in [-0.39, 0.29) is 0 Å². The SMILES string of the molecule is [2H]C(C)(C)c1ccnc(-c2ccc(-c3ccccc3)c3c2oc2c(C([2H])(C)C)cccc23)c1. The standard InChI is InChI=1S/C29H27NO/c1-18(2)21-15-16-30-26(17-21)24-14-13-23(20-9-6-5-7-10-20)27-25-12-8-11-22(19(3)4)28(25)31-29(24)27/h5-19H,1-4H3/i18D,19D. The van der Waals surface area contributed by atoms with Crippen molar-refractivity contribution in [1.82, 2.24) is 4.98 Å². The second kappa shape index (κ2) is 7.70. The summed E-state index contributed by atoms with van der Waals surface area (Å²) in [5.41, 5.74) is 7.13. The molecule has 2 heteroatoms. The fraction of sp³-hybridized carbons (Fsp3) is 0.207. The number of pyridine rings is 1. The third kappa shape index (κ3) is 3.33. The number of fused-ring (bicyclic) bond motifs is 3. The Morgan fingerprint density at radius 3 is 2.29 bits per heavy atom. The molecule has 0 radical (unpaired) electrons. The van der Waals surface area contributed by atoms with Gasteiger partial charge in [0.2, 0.25) is 0 Å². The summed E-state index contributed by atoms with van der Waals surface area (Å²) in [6.45, 7) is 7.53. The van der Waals surface area contributed by atoms with Crippen molar-refractivity contribution in [1.29, 1.82) is 0 Å². The minimum atomic E-state index is -0.798. The molecule has 0 N–H and O–H groups in total. The van der Waals surface area contributed by atoms with Crippen molar-refractivity contribution in [2.75, 3.05) is 0 Å². The molecule has 0 spiro atoms. The molecule has 0 aliphatic rings. The molecular formula is C29H27NO. The number of aromatic nitrogens is 1. The first-order valence-corrected chi connectivity index (χ1v) is 10.7. The highest BCUT2D eigenvalue weighted by atomic mass is 16.3. The number of furan rings is 1. The normalized spacial score (nSPS) is 13.4. The van der Waals surface area contributed by atoms with E-state index in [0.717, 1.165) is 55.4 Å². The quantitative estimate of drug-likeness (QED) is 0.298. The van der Waals surface area contributed by atoms with Crippen LogP contribution in [-0.4, -0.2) is 4.98 Å². The largest absolute Gasteiger partial charge is 0.455 e. The third-order valence-corrected chi connectivity index (χ3v) is 5.88. The molecule has 0 unspecified atom stereocenters. The molecule has 2 aromatic heterocycles.